The normalized spacial score (nSPS) is 11.4. The third-order valence-electron chi connectivity index (χ3n) is 2.95. The van der Waals surface area contributed by atoms with Gasteiger partial charge in [-0.2, -0.15) is 0 Å². The number of nitrogens with zero attached hydrogens (tertiary/aromatic N) is 1. The van der Waals surface area contributed by atoms with E-state index in [0.29, 0.717) is 11.8 Å². The fourth-order valence-electron chi connectivity index (χ4n) is 1.95. The zero-order valence-corrected chi connectivity index (χ0v) is 12.1. The molecule has 0 spiro atoms. The Bertz CT molecular complexity index is 749. The lowest BCUT2D eigenvalue weighted by Gasteiger charge is -2.23. The Hall–Kier alpha value is -2.15. The molecule has 0 saturated heterocycles. The summed E-state index contributed by atoms with van der Waals surface area (Å²) in [5.41, 5.74) is 5.32. The lowest BCUT2D eigenvalue weighted by Crippen LogP contribution is -2.31. The molecule has 2 N–H and O–H groups in total. The van der Waals surface area contributed by atoms with E-state index in [4.69, 9.17) is 5.73 Å². The Labute approximate surface area is 121 Å². The Balaban J connectivity index is 2.58. The van der Waals surface area contributed by atoms with Crippen LogP contribution >= 0.6 is 0 Å². The number of anilines is 2. The van der Waals surface area contributed by atoms with Crippen LogP contribution < -0.4 is 10.0 Å². The molecule has 2 aromatic rings. The predicted molar refractivity (Wildman–Crippen MR) is 77.4 cm³/mol. The minimum absolute atomic E-state index is 0.100. The van der Waals surface area contributed by atoms with Gasteiger partial charge in [0, 0.05) is 12.6 Å². The molecule has 2 aromatic carbocycles. The third kappa shape index (κ3) is 2.82. The molecule has 0 bridgehead atoms. The van der Waals surface area contributed by atoms with Crippen LogP contribution in [0.4, 0.5) is 20.2 Å². The van der Waals surface area contributed by atoms with Gasteiger partial charge >= 0.3 is 0 Å². The molecular formula is C14H14F2N2O2S. The van der Waals surface area contributed by atoms with Gasteiger partial charge in [0.25, 0.3) is 10.0 Å². The van der Waals surface area contributed by atoms with E-state index in [2.05, 4.69) is 0 Å². The number of para-hydroxylation sites is 1. The van der Waals surface area contributed by atoms with Crippen molar-refractivity contribution in [2.45, 2.75) is 11.8 Å². The van der Waals surface area contributed by atoms with E-state index in [1.165, 1.54) is 0 Å². The van der Waals surface area contributed by atoms with Gasteiger partial charge in [0.2, 0.25) is 0 Å². The molecule has 0 aliphatic carbocycles. The molecule has 112 valence electrons. The second kappa shape index (κ2) is 5.69. The van der Waals surface area contributed by atoms with E-state index >= 15 is 0 Å². The monoisotopic (exact) mass is 312 g/mol. The molecule has 0 heterocycles. The van der Waals surface area contributed by atoms with Crippen LogP contribution in [0.3, 0.4) is 0 Å². The number of sulfonamides is 1. The van der Waals surface area contributed by atoms with E-state index in [0.717, 1.165) is 10.4 Å². The summed E-state index contributed by atoms with van der Waals surface area (Å²) < 4.78 is 53.2. The zero-order valence-electron chi connectivity index (χ0n) is 11.3. The first-order valence-corrected chi connectivity index (χ1v) is 7.64. The molecule has 0 radical (unpaired) electrons. The van der Waals surface area contributed by atoms with Crippen LogP contribution in [0.1, 0.15) is 6.92 Å². The predicted octanol–water partition coefficient (Wildman–Crippen LogP) is 2.76. The topological polar surface area (TPSA) is 63.4 Å². The van der Waals surface area contributed by atoms with E-state index in [9.17, 15) is 17.2 Å². The summed E-state index contributed by atoms with van der Waals surface area (Å²) in [5.74, 6) is -2.16. The van der Waals surface area contributed by atoms with Gasteiger partial charge in [-0.1, -0.05) is 18.2 Å². The van der Waals surface area contributed by atoms with E-state index in [-0.39, 0.29) is 6.54 Å². The van der Waals surface area contributed by atoms with Crippen molar-refractivity contribution in [3.63, 3.8) is 0 Å². The molecule has 7 heteroatoms. The van der Waals surface area contributed by atoms with Crippen molar-refractivity contribution >= 4 is 21.4 Å². The van der Waals surface area contributed by atoms with Gasteiger partial charge in [-0.15, -0.1) is 0 Å². The number of nitrogen functional groups attached to an aromatic ring is 1. The molecule has 21 heavy (non-hydrogen) atoms. The highest BCUT2D eigenvalue weighted by Gasteiger charge is 2.27. The highest BCUT2D eigenvalue weighted by atomic mass is 32.2. The molecule has 0 aliphatic heterocycles. The molecule has 0 aromatic heterocycles. The summed E-state index contributed by atoms with van der Waals surface area (Å²) in [4.78, 5) is -0.646. The van der Waals surface area contributed by atoms with E-state index in [1.807, 2.05) is 0 Å². The van der Waals surface area contributed by atoms with Gasteiger partial charge < -0.3 is 5.73 Å². The summed E-state index contributed by atoms with van der Waals surface area (Å²) in [6, 6.07) is 9.52. The number of hydrogen-bond donors (Lipinski definition) is 1. The highest BCUT2D eigenvalue weighted by molar-refractivity contribution is 7.92. The van der Waals surface area contributed by atoms with Crippen LogP contribution in [0.5, 0.6) is 0 Å². The SMILES string of the molecule is CCN(c1ccccc1)S(=O)(=O)c1cc(N)c(F)cc1F. The summed E-state index contributed by atoms with van der Waals surface area (Å²) in [6.45, 7) is 1.72. The lowest BCUT2D eigenvalue weighted by atomic mass is 10.3. The van der Waals surface area contributed by atoms with Crippen molar-refractivity contribution in [2.75, 3.05) is 16.6 Å². The molecule has 0 fully saturated rings. The lowest BCUT2D eigenvalue weighted by molar-refractivity contribution is 0.549. The van der Waals surface area contributed by atoms with Crippen LogP contribution in [0.2, 0.25) is 0 Å². The average molecular weight is 312 g/mol. The second-order valence-corrected chi connectivity index (χ2v) is 6.14. The summed E-state index contributed by atoms with van der Waals surface area (Å²) in [7, 11) is -4.16. The Morgan fingerprint density at radius 1 is 1.10 bits per heavy atom. The first-order valence-electron chi connectivity index (χ1n) is 6.20. The van der Waals surface area contributed by atoms with Gasteiger partial charge in [-0.3, -0.25) is 4.31 Å². The summed E-state index contributed by atoms with van der Waals surface area (Å²) in [6.07, 6.45) is 0. The van der Waals surface area contributed by atoms with Crippen molar-refractivity contribution in [2.24, 2.45) is 0 Å². The molecule has 2 rings (SSSR count). The zero-order chi connectivity index (χ0) is 15.6. The second-order valence-electron chi connectivity index (χ2n) is 4.31. The maximum absolute atomic E-state index is 13.8. The van der Waals surface area contributed by atoms with Crippen molar-refractivity contribution < 1.29 is 17.2 Å². The Morgan fingerprint density at radius 2 is 1.71 bits per heavy atom. The Kier molecular flexibility index (Phi) is 4.13. The third-order valence-corrected chi connectivity index (χ3v) is 4.87. The van der Waals surface area contributed by atoms with Crippen LogP contribution in [0, 0.1) is 11.6 Å². The first-order chi connectivity index (χ1) is 9.87. The van der Waals surface area contributed by atoms with E-state index in [1.54, 1.807) is 37.3 Å². The summed E-state index contributed by atoms with van der Waals surface area (Å²) in [5, 5.41) is 0. The average Bonchev–Trinajstić information content (AvgIpc) is 2.44. The van der Waals surface area contributed by atoms with Crippen molar-refractivity contribution in [3.8, 4) is 0 Å². The fourth-order valence-corrected chi connectivity index (χ4v) is 3.50. The maximum Gasteiger partial charge on any atom is 0.267 e. The molecule has 0 aliphatic rings. The molecule has 0 amide bonds. The molecule has 0 saturated carbocycles. The summed E-state index contributed by atoms with van der Waals surface area (Å²) >= 11 is 0. The number of hydrogen-bond acceptors (Lipinski definition) is 3. The molecule has 0 atom stereocenters. The highest BCUT2D eigenvalue weighted by Crippen LogP contribution is 2.27. The smallest absolute Gasteiger partial charge is 0.267 e. The number of rotatable bonds is 4. The quantitative estimate of drug-likeness (QED) is 0.883. The largest absolute Gasteiger partial charge is 0.396 e. The number of benzene rings is 2. The number of nitrogens with two attached hydrogens (primary N) is 1. The fraction of sp³-hybridized carbons (Fsp3) is 0.143. The van der Waals surface area contributed by atoms with Crippen molar-refractivity contribution in [3.05, 3.63) is 54.1 Å². The van der Waals surface area contributed by atoms with Gasteiger partial charge in [0.15, 0.2) is 0 Å². The first kappa shape index (κ1) is 15.2. The van der Waals surface area contributed by atoms with Crippen LogP contribution in [-0.2, 0) is 10.0 Å². The Morgan fingerprint density at radius 3 is 2.29 bits per heavy atom. The molecule has 4 nitrogen and oxygen atoms in total. The number of halogens is 2. The minimum atomic E-state index is -4.16. The minimum Gasteiger partial charge on any atom is -0.396 e. The van der Waals surface area contributed by atoms with Gasteiger partial charge in [-0.05, 0) is 25.1 Å². The van der Waals surface area contributed by atoms with Crippen molar-refractivity contribution in [1.29, 1.82) is 0 Å². The molecular weight excluding hydrogens is 298 g/mol. The van der Waals surface area contributed by atoms with E-state index < -0.39 is 32.2 Å². The van der Waals surface area contributed by atoms with Crippen LogP contribution in [0.25, 0.3) is 0 Å². The van der Waals surface area contributed by atoms with Gasteiger partial charge in [0.05, 0.1) is 11.4 Å². The maximum atomic E-state index is 13.8. The van der Waals surface area contributed by atoms with Gasteiger partial charge in [-0.25, -0.2) is 17.2 Å². The van der Waals surface area contributed by atoms with Crippen LogP contribution in [-0.4, -0.2) is 15.0 Å². The van der Waals surface area contributed by atoms with Gasteiger partial charge in [0.1, 0.15) is 16.5 Å². The molecule has 0 unspecified atom stereocenters. The van der Waals surface area contributed by atoms with Crippen molar-refractivity contribution in [1.82, 2.24) is 0 Å². The standard InChI is InChI=1S/C14H14F2N2O2S/c1-2-18(10-6-4-3-5-7-10)21(19,20)14-9-13(17)11(15)8-12(14)16/h3-9H,2,17H2,1H3. The van der Waals surface area contributed by atoms with Crippen LogP contribution in [0.15, 0.2) is 47.4 Å².